The van der Waals surface area contributed by atoms with Gasteiger partial charge < -0.3 is 5.32 Å². The topological polar surface area (TPSA) is 75.3 Å². The maximum atomic E-state index is 12.7. The van der Waals surface area contributed by atoms with Crippen LogP contribution in [0.1, 0.15) is 34.8 Å². The van der Waals surface area contributed by atoms with Crippen LogP contribution >= 0.6 is 0 Å². The van der Waals surface area contributed by atoms with Crippen LogP contribution in [-0.2, 0) is 16.4 Å². The summed E-state index contributed by atoms with van der Waals surface area (Å²) >= 11 is 0. The quantitative estimate of drug-likeness (QED) is 0.559. The molecule has 3 aromatic carbocycles. The van der Waals surface area contributed by atoms with E-state index in [2.05, 4.69) is 22.2 Å². The summed E-state index contributed by atoms with van der Waals surface area (Å²) in [6.07, 6.45) is 1.65. The monoisotopic (exact) mass is 422 g/mol. The zero-order chi connectivity index (χ0) is 21.6. The molecule has 3 aromatic rings. The highest BCUT2D eigenvalue weighted by Crippen LogP contribution is 2.18. The molecule has 0 fully saturated rings. The van der Waals surface area contributed by atoms with E-state index in [0.29, 0.717) is 11.3 Å². The molecule has 0 bridgehead atoms. The molecule has 156 valence electrons. The van der Waals surface area contributed by atoms with Crippen molar-refractivity contribution < 1.29 is 13.2 Å². The Morgan fingerprint density at radius 2 is 1.63 bits per heavy atom. The Kier molecular flexibility index (Phi) is 6.90. The minimum absolute atomic E-state index is 0.0383. The lowest BCUT2D eigenvalue weighted by atomic mass is 10.1. The minimum Gasteiger partial charge on any atom is -0.350 e. The maximum absolute atomic E-state index is 12.7. The number of nitrogens with one attached hydrogen (secondary N) is 2. The molecule has 6 heteroatoms. The third-order valence-electron chi connectivity index (χ3n) is 4.80. The highest BCUT2D eigenvalue weighted by atomic mass is 32.2. The van der Waals surface area contributed by atoms with E-state index < -0.39 is 10.0 Å². The third-order valence-corrected chi connectivity index (χ3v) is 6.18. The molecule has 1 atom stereocenters. The summed E-state index contributed by atoms with van der Waals surface area (Å²) in [4.78, 5) is 12.7. The number of amides is 1. The van der Waals surface area contributed by atoms with Gasteiger partial charge >= 0.3 is 0 Å². The Hall–Kier alpha value is -3.12. The summed E-state index contributed by atoms with van der Waals surface area (Å²) in [6.45, 7) is 3.88. The standard InChI is InChI=1S/C24H26N2O3S/c1-18-11-15-22(16-12-18)26-30(28,29)23-10-6-9-21(17-23)24(27)25-19(2)13-14-20-7-4-3-5-8-20/h3-12,15-17,19,26H,13-14H2,1-2H3,(H,25,27)/t19-/m1/s1. The number of sulfonamides is 1. The van der Waals surface area contributed by atoms with Crippen LogP contribution in [0, 0.1) is 6.92 Å². The van der Waals surface area contributed by atoms with E-state index in [1.807, 2.05) is 44.2 Å². The van der Waals surface area contributed by atoms with E-state index in [1.165, 1.54) is 17.7 Å². The summed E-state index contributed by atoms with van der Waals surface area (Å²) < 4.78 is 27.9. The fourth-order valence-corrected chi connectivity index (χ4v) is 4.15. The largest absolute Gasteiger partial charge is 0.350 e. The Bertz CT molecular complexity index is 1090. The normalized spacial score (nSPS) is 12.2. The van der Waals surface area contributed by atoms with E-state index >= 15 is 0 Å². The molecular weight excluding hydrogens is 396 g/mol. The van der Waals surface area contributed by atoms with Crippen LogP contribution in [-0.4, -0.2) is 20.4 Å². The lowest BCUT2D eigenvalue weighted by molar-refractivity contribution is 0.0938. The zero-order valence-electron chi connectivity index (χ0n) is 17.1. The van der Waals surface area contributed by atoms with Crippen LogP contribution < -0.4 is 10.0 Å². The first-order chi connectivity index (χ1) is 14.3. The number of hydrogen-bond donors (Lipinski definition) is 2. The van der Waals surface area contributed by atoms with Gasteiger partial charge in [0, 0.05) is 17.3 Å². The molecule has 0 heterocycles. The predicted octanol–water partition coefficient (Wildman–Crippen LogP) is 4.55. The lowest BCUT2D eigenvalue weighted by Crippen LogP contribution is -2.33. The van der Waals surface area contributed by atoms with Gasteiger partial charge in [-0.2, -0.15) is 0 Å². The van der Waals surface area contributed by atoms with Crippen molar-refractivity contribution in [3.05, 3.63) is 95.6 Å². The smallest absolute Gasteiger partial charge is 0.261 e. The van der Waals surface area contributed by atoms with Gasteiger partial charge in [-0.25, -0.2) is 8.42 Å². The first kappa shape index (κ1) is 21.6. The molecule has 0 aliphatic rings. The fourth-order valence-electron chi connectivity index (χ4n) is 3.05. The van der Waals surface area contributed by atoms with E-state index in [0.717, 1.165) is 18.4 Å². The Morgan fingerprint density at radius 3 is 2.33 bits per heavy atom. The van der Waals surface area contributed by atoms with Gasteiger partial charge in [-0.1, -0.05) is 54.1 Å². The average molecular weight is 423 g/mol. The van der Waals surface area contributed by atoms with Gasteiger partial charge in [0.2, 0.25) is 0 Å². The van der Waals surface area contributed by atoms with Crippen molar-refractivity contribution in [2.75, 3.05) is 4.72 Å². The molecule has 5 nitrogen and oxygen atoms in total. The molecule has 1 amide bonds. The SMILES string of the molecule is Cc1ccc(NS(=O)(=O)c2cccc(C(=O)N[C@H](C)CCc3ccccc3)c2)cc1. The first-order valence-corrected chi connectivity index (χ1v) is 11.4. The van der Waals surface area contributed by atoms with Crippen molar-refractivity contribution in [1.82, 2.24) is 5.32 Å². The van der Waals surface area contributed by atoms with Crippen molar-refractivity contribution in [3.8, 4) is 0 Å². The van der Waals surface area contributed by atoms with Crippen molar-refractivity contribution >= 4 is 21.6 Å². The van der Waals surface area contributed by atoms with Crippen LogP contribution in [0.4, 0.5) is 5.69 Å². The van der Waals surface area contributed by atoms with Gasteiger partial charge in [0.05, 0.1) is 4.90 Å². The molecule has 0 aliphatic carbocycles. The summed E-state index contributed by atoms with van der Waals surface area (Å²) in [6, 6.07) is 23.2. The number of carbonyl (C=O) groups is 1. The van der Waals surface area contributed by atoms with Crippen LogP contribution in [0.2, 0.25) is 0 Å². The number of anilines is 1. The summed E-state index contributed by atoms with van der Waals surface area (Å²) in [5, 5.41) is 2.95. The molecule has 0 spiro atoms. The Morgan fingerprint density at radius 1 is 0.933 bits per heavy atom. The molecular formula is C24H26N2O3S. The first-order valence-electron chi connectivity index (χ1n) is 9.88. The molecule has 2 N–H and O–H groups in total. The lowest BCUT2D eigenvalue weighted by Gasteiger charge is -2.15. The summed E-state index contributed by atoms with van der Waals surface area (Å²) in [5.41, 5.74) is 3.05. The summed E-state index contributed by atoms with van der Waals surface area (Å²) in [7, 11) is -3.79. The van der Waals surface area contributed by atoms with Crippen molar-refractivity contribution in [2.24, 2.45) is 0 Å². The molecule has 0 radical (unpaired) electrons. The number of carbonyl (C=O) groups excluding carboxylic acids is 1. The van der Waals surface area contributed by atoms with E-state index in [-0.39, 0.29) is 16.8 Å². The predicted molar refractivity (Wildman–Crippen MR) is 120 cm³/mol. The summed E-state index contributed by atoms with van der Waals surface area (Å²) in [5.74, 6) is -0.289. The number of aryl methyl sites for hydroxylation is 2. The zero-order valence-corrected chi connectivity index (χ0v) is 17.9. The Balaban J connectivity index is 1.64. The maximum Gasteiger partial charge on any atom is 0.261 e. The van der Waals surface area contributed by atoms with Crippen LogP contribution in [0.5, 0.6) is 0 Å². The highest BCUT2D eigenvalue weighted by Gasteiger charge is 2.17. The second kappa shape index (κ2) is 9.59. The molecule has 0 aromatic heterocycles. The van der Waals surface area contributed by atoms with Crippen molar-refractivity contribution in [3.63, 3.8) is 0 Å². The number of rotatable bonds is 8. The second-order valence-corrected chi connectivity index (χ2v) is 9.08. The van der Waals surface area contributed by atoms with Crippen LogP contribution in [0.3, 0.4) is 0 Å². The fraction of sp³-hybridized carbons (Fsp3) is 0.208. The van der Waals surface area contributed by atoms with E-state index in [1.54, 1.807) is 24.3 Å². The highest BCUT2D eigenvalue weighted by molar-refractivity contribution is 7.92. The van der Waals surface area contributed by atoms with Crippen molar-refractivity contribution in [2.45, 2.75) is 37.6 Å². The molecule has 0 saturated carbocycles. The Labute approximate surface area is 178 Å². The van der Waals surface area contributed by atoms with Gasteiger partial charge in [0.25, 0.3) is 15.9 Å². The van der Waals surface area contributed by atoms with E-state index in [4.69, 9.17) is 0 Å². The molecule has 0 unspecified atom stereocenters. The number of benzene rings is 3. The second-order valence-electron chi connectivity index (χ2n) is 7.40. The molecule has 3 rings (SSSR count). The van der Waals surface area contributed by atoms with Crippen molar-refractivity contribution in [1.29, 1.82) is 0 Å². The van der Waals surface area contributed by atoms with Gasteiger partial charge in [-0.05, 0) is 62.6 Å². The van der Waals surface area contributed by atoms with Gasteiger partial charge in [0.15, 0.2) is 0 Å². The average Bonchev–Trinajstić information content (AvgIpc) is 2.74. The molecule has 0 aliphatic heterocycles. The van der Waals surface area contributed by atoms with Crippen LogP contribution in [0.15, 0.2) is 83.8 Å². The minimum atomic E-state index is -3.79. The number of hydrogen-bond acceptors (Lipinski definition) is 3. The van der Waals surface area contributed by atoms with Gasteiger partial charge in [0.1, 0.15) is 0 Å². The molecule has 30 heavy (non-hydrogen) atoms. The van der Waals surface area contributed by atoms with E-state index in [9.17, 15) is 13.2 Å². The van der Waals surface area contributed by atoms with Gasteiger partial charge in [-0.15, -0.1) is 0 Å². The molecule has 0 saturated heterocycles. The third kappa shape index (κ3) is 5.94. The van der Waals surface area contributed by atoms with Crippen LogP contribution in [0.25, 0.3) is 0 Å². The van der Waals surface area contributed by atoms with Gasteiger partial charge in [-0.3, -0.25) is 9.52 Å².